The molecule has 0 aliphatic carbocycles. The molecule has 0 heterocycles. The number of hydrogen-bond donors (Lipinski definition) is 0. The van der Waals surface area contributed by atoms with E-state index in [4.69, 9.17) is 4.74 Å². The van der Waals surface area contributed by atoms with Gasteiger partial charge in [0, 0.05) is 11.0 Å². The van der Waals surface area contributed by atoms with E-state index in [1.165, 1.54) is 6.08 Å². The fourth-order valence-electron chi connectivity index (χ4n) is 1.05. The summed E-state index contributed by atoms with van der Waals surface area (Å²) in [4.78, 5) is 13.2. The number of carbonyl (C=O) groups excluding carboxylic acids is 1. The number of hydrogen-bond acceptors (Lipinski definition) is 3. The first-order chi connectivity index (χ1) is 7.22. The van der Waals surface area contributed by atoms with Gasteiger partial charge in [0.05, 0.1) is 6.61 Å². The highest BCUT2D eigenvalue weighted by atomic mass is 32.2. The molecule has 0 N–H and O–H groups in total. The Morgan fingerprint density at radius 3 is 2.67 bits per heavy atom. The zero-order valence-corrected chi connectivity index (χ0v) is 9.71. The third kappa shape index (κ3) is 4.70. The summed E-state index contributed by atoms with van der Waals surface area (Å²) < 4.78 is 4.82. The Kier molecular flexibility index (Phi) is 4.98. The summed E-state index contributed by atoms with van der Waals surface area (Å²) in [7, 11) is 0. The van der Waals surface area contributed by atoms with Crippen LogP contribution in [0.3, 0.4) is 0 Å². The van der Waals surface area contributed by atoms with Crippen LogP contribution < -0.4 is 0 Å². The molecule has 15 heavy (non-hydrogen) atoms. The number of thioether (sulfide) groups is 1. The van der Waals surface area contributed by atoms with Gasteiger partial charge in [-0.15, -0.1) is 0 Å². The van der Waals surface area contributed by atoms with Gasteiger partial charge in [-0.3, -0.25) is 0 Å². The first-order valence-corrected chi connectivity index (χ1v) is 5.62. The molecule has 3 heteroatoms. The average Bonchev–Trinajstić information content (AvgIpc) is 2.19. The summed E-state index contributed by atoms with van der Waals surface area (Å²) in [5, 5.41) is 0. The van der Waals surface area contributed by atoms with Gasteiger partial charge in [-0.25, -0.2) is 4.79 Å². The Hall–Kier alpha value is -1.22. The molecule has 0 aromatic heterocycles. The molecular weight excluding hydrogens is 208 g/mol. The summed E-state index contributed by atoms with van der Waals surface area (Å²) in [5.74, 6) is -0.279. The van der Waals surface area contributed by atoms with Crippen molar-refractivity contribution in [3.8, 4) is 0 Å². The molecule has 1 rings (SSSR count). The lowest BCUT2D eigenvalue weighted by Gasteiger charge is -2.01. The van der Waals surface area contributed by atoms with Gasteiger partial charge in [0.25, 0.3) is 0 Å². The van der Waals surface area contributed by atoms with Gasteiger partial charge >= 0.3 is 5.97 Å². The molecule has 0 fully saturated rings. The van der Waals surface area contributed by atoms with Gasteiger partial charge in [0.15, 0.2) is 0 Å². The van der Waals surface area contributed by atoms with Crippen molar-refractivity contribution in [2.75, 3.05) is 6.61 Å². The SMILES string of the molecule is CCOC(=O)C=C(C)Sc1ccccc1. The summed E-state index contributed by atoms with van der Waals surface area (Å²) in [6.45, 7) is 4.11. The number of rotatable bonds is 4. The minimum absolute atomic E-state index is 0.279. The number of allylic oxidation sites excluding steroid dienone is 1. The third-order valence-corrected chi connectivity index (χ3v) is 2.58. The summed E-state index contributed by atoms with van der Waals surface area (Å²) in [6.07, 6.45) is 1.52. The molecule has 1 aromatic carbocycles. The monoisotopic (exact) mass is 222 g/mol. The molecule has 0 atom stereocenters. The molecule has 0 saturated heterocycles. The van der Waals surface area contributed by atoms with E-state index in [1.807, 2.05) is 37.3 Å². The molecule has 1 aromatic rings. The van der Waals surface area contributed by atoms with Crippen LogP contribution in [-0.2, 0) is 9.53 Å². The molecule has 0 amide bonds. The number of ether oxygens (including phenoxy) is 1. The Morgan fingerprint density at radius 1 is 1.40 bits per heavy atom. The second-order valence-electron chi connectivity index (χ2n) is 2.92. The normalized spacial score (nSPS) is 11.2. The van der Waals surface area contributed by atoms with E-state index >= 15 is 0 Å². The van der Waals surface area contributed by atoms with Gasteiger partial charge in [0.2, 0.25) is 0 Å². The molecule has 0 unspecified atom stereocenters. The van der Waals surface area contributed by atoms with Gasteiger partial charge in [-0.2, -0.15) is 0 Å². The average molecular weight is 222 g/mol. The molecule has 0 spiro atoms. The van der Waals surface area contributed by atoms with Crippen molar-refractivity contribution >= 4 is 17.7 Å². The van der Waals surface area contributed by atoms with Gasteiger partial charge in [-0.1, -0.05) is 30.0 Å². The van der Waals surface area contributed by atoms with Crippen LogP contribution in [-0.4, -0.2) is 12.6 Å². The van der Waals surface area contributed by atoms with Crippen molar-refractivity contribution in [2.24, 2.45) is 0 Å². The lowest BCUT2D eigenvalue weighted by molar-refractivity contribution is -0.137. The van der Waals surface area contributed by atoms with Crippen LogP contribution in [0.15, 0.2) is 46.2 Å². The first kappa shape index (κ1) is 11.9. The molecule has 2 nitrogen and oxygen atoms in total. The van der Waals surface area contributed by atoms with E-state index in [0.717, 1.165) is 9.80 Å². The summed E-state index contributed by atoms with van der Waals surface area (Å²) in [6, 6.07) is 9.93. The standard InChI is InChI=1S/C12H14O2S/c1-3-14-12(13)9-10(2)15-11-7-5-4-6-8-11/h4-9H,3H2,1-2H3. The van der Waals surface area contributed by atoms with Gasteiger partial charge in [0.1, 0.15) is 0 Å². The minimum Gasteiger partial charge on any atom is -0.463 e. The molecule has 80 valence electrons. The quantitative estimate of drug-likeness (QED) is 0.444. The predicted octanol–water partition coefficient (Wildman–Crippen LogP) is 3.25. The van der Waals surface area contributed by atoms with Crippen molar-refractivity contribution < 1.29 is 9.53 Å². The van der Waals surface area contributed by atoms with E-state index in [1.54, 1.807) is 18.7 Å². The molecule has 0 aliphatic heterocycles. The van der Waals surface area contributed by atoms with Crippen LogP contribution >= 0.6 is 11.8 Å². The lowest BCUT2D eigenvalue weighted by Crippen LogP contribution is -1.99. The zero-order chi connectivity index (χ0) is 11.1. The van der Waals surface area contributed by atoms with Crippen molar-refractivity contribution in [3.63, 3.8) is 0 Å². The topological polar surface area (TPSA) is 26.3 Å². The molecule has 0 aliphatic rings. The highest BCUT2D eigenvalue weighted by Gasteiger charge is 1.99. The van der Waals surface area contributed by atoms with Gasteiger partial charge < -0.3 is 4.74 Å². The van der Waals surface area contributed by atoms with Crippen LogP contribution in [0.4, 0.5) is 0 Å². The van der Waals surface area contributed by atoms with E-state index < -0.39 is 0 Å². The van der Waals surface area contributed by atoms with Crippen molar-refractivity contribution in [3.05, 3.63) is 41.3 Å². The Morgan fingerprint density at radius 2 is 2.07 bits per heavy atom. The maximum atomic E-state index is 11.1. The van der Waals surface area contributed by atoms with E-state index in [9.17, 15) is 4.79 Å². The number of benzene rings is 1. The molecule has 0 radical (unpaired) electrons. The van der Waals surface area contributed by atoms with Crippen LogP contribution in [0.1, 0.15) is 13.8 Å². The summed E-state index contributed by atoms with van der Waals surface area (Å²) >= 11 is 1.56. The maximum Gasteiger partial charge on any atom is 0.331 e. The Bertz CT molecular complexity index is 344. The molecule has 0 saturated carbocycles. The number of carbonyl (C=O) groups is 1. The third-order valence-electron chi connectivity index (χ3n) is 1.63. The van der Waals surface area contributed by atoms with Crippen molar-refractivity contribution in [1.29, 1.82) is 0 Å². The van der Waals surface area contributed by atoms with Crippen molar-refractivity contribution in [1.82, 2.24) is 0 Å². The minimum atomic E-state index is -0.279. The van der Waals surface area contributed by atoms with Crippen LogP contribution in [0.2, 0.25) is 0 Å². The van der Waals surface area contributed by atoms with Crippen molar-refractivity contribution in [2.45, 2.75) is 18.7 Å². The highest BCUT2D eigenvalue weighted by molar-refractivity contribution is 8.03. The van der Waals surface area contributed by atoms with Crippen LogP contribution in [0.25, 0.3) is 0 Å². The van der Waals surface area contributed by atoms with E-state index in [2.05, 4.69) is 0 Å². The van der Waals surface area contributed by atoms with E-state index in [0.29, 0.717) is 6.61 Å². The first-order valence-electron chi connectivity index (χ1n) is 4.80. The fraction of sp³-hybridized carbons (Fsp3) is 0.250. The smallest absolute Gasteiger partial charge is 0.331 e. The second kappa shape index (κ2) is 6.30. The fourth-order valence-corrected chi connectivity index (χ4v) is 1.87. The molecular formula is C12H14O2S. The summed E-state index contributed by atoms with van der Waals surface area (Å²) in [5.41, 5.74) is 0. The lowest BCUT2D eigenvalue weighted by atomic mass is 10.4. The van der Waals surface area contributed by atoms with Crippen LogP contribution in [0.5, 0.6) is 0 Å². The Labute approximate surface area is 94.3 Å². The van der Waals surface area contributed by atoms with E-state index in [-0.39, 0.29) is 5.97 Å². The van der Waals surface area contributed by atoms with Gasteiger partial charge in [-0.05, 0) is 30.9 Å². The van der Waals surface area contributed by atoms with Crippen LogP contribution in [0, 0.1) is 0 Å². The Balaban J connectivity index is 2.55. The largest absolute Gasteiger partial charge is 0.463 e. The number of esters is 1. The zero-order valence-electron chi connectivity index (χ0n) is 8.90. The highest BCUT2D eigenvalue weighted by Crippen LogP contribution is 2.25. The molecule has 0 bridgehead atoms. The predicted molar refractivity (Wildman–Crippen MR) is 62.7 cm³/mol. The second-order valence-corrected chi connectivity index (χ2v) is 4.24. The maximum absolute atomic E-state index is 11.1.